The van der Waals surface area contributed by atoms with E-state index in [0.29, 0.717) is 23.7 Å². The van der Waals surface area contributed by atoms with Gasteiger partial charge in [-0.05, 0) is 18.9 Å². The number of rotatable bonds is 5. The van der Waals surface area contributed by atoms with Crippen LogP contribution in [0.3, 0.4) is 0 Å². The summed E-state index contributed by atoms with van der Waals surface area (Å²) in [5.41, 5.74) is 1.14. The van der Waals surface area contributed by atoms with E-state index in [4.69, 9.17) is 0 Å². The molecule has 0 saturated carbocycles. The molecule has 7 nitrogen and oxygen atoms in total. The average molecular weight is 341 g/mol. The number of nitrogens with one attached hydrogen (secondary N) is 1. The molecule has 0 saturated heterocycles. The Kier molecular flexibility index (Phi) is 4.48. The molecule has 0 fully saturated rings. The van der Waals surface area contributed by atoms with E-state index in [1.807, 2.05) is 41.6 Å². The number of H-pyrrole nitrogens is 1. The largest absolute Gasteiger partial charge is 0.341 e. The van der Waals surface area contributed by atoms with E-state index in [-0.39, 0.29) is 6.04 Å². The highest BCUT2D eigenvalue weighted by molar-refractivity contribution is 5.74. The van der Waals surface area contributed by atoms with Crippen molar-refractivity contribution in [2.24, 2.45) is 7.05 Å². The molecule has 0 bridgehead atoms. The van der Waals surface area contributed by atoms with Crippen molar-refractivity contribution in [1.29, 1.82) is 0 Å². The fraction of sp³-hybridized carbons (Fsp3) is 0.389. The second kappa shape index (κ2) is 6.58. The molecule has 0 radical (unpaired) electrons. The first-order valence-electron chi connectivity index (χ1n) is 8.40. The van der Waals surface area contributed by atoms with Crippen molar-refractivity contribution in [3.8, 4) is 0 Å². The summed E-state index contributed by atoms with van der Waals surface area (Å²) in [5, 5.41) is 0. The van der Waals surface area contributed by atoms with Gasteiger partial charge in [0.25, 0.3) is 5.56 Å². The van der Waals surface area contributed by atoms with E-state index in [9.17, 15) is 9.59 Å². The van der Waals surface area contributed by atoms with Crippen molar-refractivity contribution < 1.29 is 0 Å². The van der Waals surface area contributed by atoms with Gasteiger partial charge in [0.1, 0.15) is 0 Å². The third kappa shape index (κ3) is 2.97. The number of nitrogens with zero attached hydrogens (tertiary/aromatic N) is 4. The number of aromatic amines is 1. The van der Waals surface area contributed by atoms with Gasteiger partial charge in [-0.3, -0.25) is 14.3 Å². The monoisotopic (exact) mass is 341 g/mol. The Bertz CT molecular complexity index is 1000. The van der Waals surface area contributed by atoms with Gasteiger partial charge in [-0.15, -0.1) is 0 Å². The molecule has 0 aliphatic rings. The van der Waals surface area contributed by atoms with Crippen molar-refractivity contribution in [2.45, 2.75) is 32.9 Å². The van der Waals surface area contributed by atoms with Gasteiger partial charge < -0.3 is 9.47 Å². The molecule has 0 aliphatic heterocycles. The van der Waals surface area contributed by atoms with Crippen molar-refractivity contribution in [3.63, 3.8) is 0 Å². The summed E-state index contributed by atoms with van der Waals surface area (Å²) in [6.07, 6.45) is 0.847. The van der Waals surface area contributed by atoms with Crippen molar-refractivity contribution in [2.75, 3.05) is 11.9 Å². The topological polar surface area (TPSA) is 75.9 Å². The second-order valence-electron chi connectivity index (χ2n) is 6.37. The molecule has 3 aromatic rings. The highest BCUT2D eigenvalue weighted by atomic mass is 16.2. The molecule has 3 rings (SSSR count). The quantitative estimate of drug-likeness (QED) is 0.770. The molecule has 25 heavy (non-hydrogen) atoms. The van der Waals surface area contributed by atoms with E-state index in [2.05, 4.69) is 29.0 Å². The van der Waals surface area contributed by atoms with Gasteiger partial charge in [0, 0.05) is 26.7 Å². The third-order valence-corrected chi connectivity index (χ3v) is 4.57. The minimum atomic E-state index is -0.455. The maximum Gasteiger partial charge on any atom is 0.329 e. The maximum absolute atomic E-state index is 12.4. The lowest BCUT2D eigenvalue weighted by Gasteiger charge is -2.22. The Labute approximate surface area is 145 Å². The highest BCUT2D eigenvalue weighted by Gasteiger charge is 2.22. The number of imidazole rings is 1. The lowest BCUT2D eigenvalue weighted by Crippen LogP contribution is -2.29. The van der Waals surface area contributed by atoms with Gasteiger partial charge in [-0.2, -0.15) is 4.98 Å². The minimum absolute atomic E-state index is 0.0804. The summed E-state index contributed by atoms with van der Waals surface area (Å²) < 4.78 is 3.31. The van der Waals surface area contributed by atoms with Crippen LogP contribution in [0.1, 0.15) is 31.9 Å². The van der Waals surface area contributed by atoms with E-state index in [1.165, 1.54) is 4.57 Å². The number of hydrogen-bond acceptors (Lipinski definition) is 4. The summed E-state index contributed by atoms with van der Waals surface area (Å²) in [6.45, 7) is 4.77. The van der Waals surface area contributed by atoms with E-state index in [1.54, 1.807) is 7.05 Å². The first kappa shape index (κ1) is 17.0. The molecule has 0 aliphatic carbocycles. The van der Waals surface area contributed by atoms with Gasteiger partial charge in [-0.1, -0.05) is 37.3 Å². The molecule has 1 aromatic carbocycles. The van der Waals surface area contributed by atoms with Crippen LogP contribution in [0.25, 0.3) is 11.2 Å². The fourth-order valence-electron chi connectivity index (χ4n) is 2.99. The minimum Gasteiger partial charge on any atom is -0.341 e. The third-order valence-electron chi connectivity index (χ3n) is 4.57. The van der Waals surface area contributed by atoms with Gasteiger partial charge in [0.2, 0.25) is 5.95 Å². The zero-order chi connectivity index (χ0) is 18.1. The molecule has 0 spiro atoms. The number of benzene rings is 1. The first-order valence-corrected chi connectivity index (χ1v) is 8.40. The predicted molar refractivity (Wildman–Crippen MR) is 99.1 cm³/mol. The normalized spacial score (nSPS) is 12.5. The molecular weight excluding hydrogens is 318 g/mol. The molecule has 2 aromatic heterocycles. The predicted octanol–water partition coefficient (Wildman–Crippen LogP) is 2.03. The van der Waals surface area contributed by atoms with Gasteiger partial charge in [0.15, 0.2) is 11.2 Å². The fourth-order valence-corrected chi connectivity index (χ4v) is 2.99. The van der Waals surface area contributed by atoms with Crippen LogP contribution in [0.15, 0.2) is 39.9 Å². The summed E-state index contributed by atoms with van der Waals surface area (Å²) >= 11 is 0. The van der Waals surface area contributed by atoms with E-state index in [0.717, 1.165) is 12.0 Å². The van der Waals surface area contributed by atoms with Crippen LogP contribution in [0.2, 0.25) is 0 Å². The smallest absolute Gasteiger partial charge is 0.329 e. The lowest BCUT2D eigenvalue weighted by atomic mass is 10.2. The second-order valence-corrected chi connectivity index (χ2v) is 6.37. The van der Waals surface area contributed by atoms with E-state index < -0.39 is 11.2 Å². The number of hydrogen-bond donors (Lipinski definition) is 1. The Morgan fingerprint density at radius 3 is 2.56 bits per heavy atom. The summed E-state index contributed by atoms with van der Waals surface area (Å²) in [7, 11) is 3.56. The van der Waals surface area contributed by atoms with Gasteiger partial charge in [0.05, 0.1) is 0 Å². The number of fused-ring (bicyclic) bond motifs is 1. The van der Waals surface area contributed by atoms with Crippen LogP contribution in [0.5, 0.6) is 0 Å². The SMILES string of the molecule is CC[C@@H](C)n1c(N(C)Cc2ccccc2)nc2c1c(=O)[nH]c(=O)n2C. The van der Waals surface area contributed by atoms with Crippen LogP contribution >= 0.6 is 0 Å². The average Bonchev–Trinajstić information content (AvgIpc) is 3.01. The zero-order valence-corrected chi connectivity index (χ0v) is 15.0. The van der Waals surface area contributed by atoms with Crippen molar-refractivity contribution in [1.82, 2.24) is 19.1 Å². The van der Waals surface area contributed by atoms with E-state index >= 15 is 0 Å². The molecule has 2 heterocycles. The molecule has 1 N–H and O–H groups in total. The molecule has 132 valence electrons. The highest BCUT2D eigenvalue weighted by Crippen LogP contribution is 2.26. The first-order chi connectivity index (χ1) is 11.9. The molecule has 0 unspecified atom stereocenters. The molecular formula is C18H23N5O2. The Morgan fingerprint density at radius 2 is 1.92 bits per heavy atom. The summed E-state index contributed by atoms with van der Waals surface area (Å²) in [4.78, 5) is 33.4. The summed E-state index contributed by atoms with van der Waals surface area (Å²) in [5.74, 6) is 0.680. The Balaban J connectivity index is 2.20. The standard InChI is InChI=1S/C18H23N5O2/c1-5-12(2)23-14-15(22(4)18(25)20-16(14)24)19-17(23)21(3)11-13-9-7-6-8-10-13/h6-10,12H,5,11H2,1-4H3,(H,20,24,25)/t12-/m1/s1. The van der Waals surface area contributed by atoms with Crippen molar-refractivity contribution >= 4 is 17.1 Å². The molecule has 0 amide bonds. The van der Waals surface area contributed by atoms with Crippen LogP contribution in [-0.4, -0.2) is 26.1 Å². The lowest BCUT2D eigenvalue weighted by molar-refractivity contribution is 0.539. The zero-order valence-electron chi connectivity index (χ0n) is 15.0. The van der Waals surface area contributed by atoms with Crippen LogP contribution in [-0.2, 0) is 13.6 Å². The van der Waals surface area contributed by atoms with Crippen molar-refractivity contribution in [3.05, 3.63) is 56.7 Å². The van der Waals surface area contributed by atoms with Gasteiger partial charge >= 0.3 is 5.69 Å². The van der Waals surface area contributed by atoms with Crippen LogP contribution < -0.4 is 16.1 Å². The van der Waals surface area contributed by atoms with Crippen LogP contribution in [0.4, 0.5) is 5.95 Å². The van der Waals surface area contributed by atoms with Gasteiger partial charge in [-0.25, -0.2) is 4.79 Å². The van der Waals surface area contributed by atoms with Crippen LogP contribution in [0, 0.1) is 0 Å². The molecule has 7 heteroatoms. The summed E-state index contributed by atoms with van der Waals surface area (Å²) in [6, 6.07) is 10.2. The Morgan fingerprint density at radius 1 is 1.24 bits per heavy atom. The molecule has 1 atom stereocenters. The number of aromatic nitrogens is 4. The number of aryl methyl sites for hydroxylation is 1. The maximum atomic E-state index is 12.4. The Hall–Kier alpha value is -2.83. The number of anilines is 1.